The van der Waals surface area contributed by atoms with E-state index in [1.807, 2.05) is 18.2 Å². The van der Waals surface area contributed by atoms with Gasteiger partial charge in [-0.1, -0.05) is 13.0 Å². The Morgan fingerprint density at radius 2 is 2.28 bits per heavy atom. The number of ether oxygens (including phenoxy) is 1. The molecule has 0 aromatic heterocycles. The Balaban J connectivity index is 2.17. The topological polar surface area (TPSA) is 44.7 Å². The van der Waals surface area contributed by atoms with Crippen LogP contribution < -0.4 is 15.0 Å². The van der Waals surface area contributed by atoms with Crippen LogP contribution in [0, 0.1) is 5.92 Å². The molecular formula is C14H22N2O2. The number of nitrogens with one attached hydrogen (secondary N) is 1. The van der Waals surface area contributed by atoms with E-state index in [1.165, 1.54) is 0 Å². The fourth-order valence-corrected chi connectivity index (χ4v) is 2.35. The summed E-state index contributed by atoms with van der Waals surface area (Å²) >= 11 is 0. The lowest BCUT2D eigenvalue weighted by Crippen LogP contribution is -2.40. The molecule has 0 amide bonds. The van der Waals surface area contributed by atoms with E-state index >= 15 is 0 Å². The summed E-state index contributed by atoms with van der Waals surface area (Å²) in [7, 11) is 1.68. The van der Waals surface area contributed by atoms with E-state index in [4.69, 9.17) is 4.74 Å². The Morgan fingerprint density at radius 3 is 3.00 bits per heavy atom. The van der Waals surface area contributed by atoms with Gasteiger partial charge < -0.3 is 20.1 Å². The number of hydrogen-bond acceptors (Lipinski definition) is 4. The fraction of sp³-hybridized carbons (Fsp3) is 0.571. The molecule has 2 unspecified atom stereocenters. The van der Waals surface area contributed by atoms with E-state index in [1.54, 1.807) is 7.11 Å². The largest absolute Gasteiger partial charge is 0.497 e. The fourth-order valence-electron chi connectivity index (χ4n) is 2.35. The predicted molar refractivity (Wildman–Crippen MR) is 73.2 cm³/mol. The Bertz CT molecular complexity index is 384. The van der Waals surface area contributed by atoms with E-state index < -0.39 is 0 Å². The SMILES string of the molecule is COc1cccc(N2CC(C)CNC(CO)C2)c1. The van der Waals surface area contributed by atoms with Gasteiger partial charge >= 0.3 is 0 Å². The first-order valence-corrected chi connectivity index (χ1v) is 6.46. The van der Waals surface area contributed by atoms with Crippen molar-refractivity contribution in [3.63, 3.8) is 0 Å². The van der Waals surface area contributed by atoms with Crippen LogP contribution >= 0.6 is 0 Å². The monoisotopic (exact) mass is 250 g/mol. The van der Waals surface area contributed by atoms with Crippen molar-refractivity contribution in [3.8, 4) is 5.75 Å². The Hall–Kier alpha value is -1.26. The van der Waals surface area contributed by atoms with Gasteiger partial charge in [0.05, 0.1) is 13.7 Å². The molecule has 1 aromatic rings. The van der Waals surface area contributed by atoms with Crippen LogP contribution in [0.25, 0.3) is 0 Å². The minimum Gasteiger partial charge on any atom is -0.497 e. The molecule has 0 bridgehead atoms. The molecule has 4 heteroatoms. The third-order valence-corrected chi connectivity index (χ3v) is 3.37. The van der Waals surface area contributed by atoms with Crippen LogP contribution in [0.1, 0.15) is 6.92 Å². The van der Waals surface area contributed by atoms with Gasteiger partial charge in [-0.2, -0.15) is 0 Å². The second kappa shape index (κ2) is 6.07. The lowest BCUT2D eigenvalue weighted by Gasteiger charge is -2.27. The number of benzene rings is 1. The van der Waals surface area contributed by atoms with Gasteiger partial charge in [-0.25, -0.2) is 0 Å². The average molecular weight is 250 g/mol. The van der Waals surface area contributed by atoms with Gasteiger partial charge in [0.1, 0.15) is 5.75 Å². The summed E-state index contributed by atoms with van der Waals surface area (Å²) in [5.74, 6) is 1.44. The van der Waals surface area contributed by atoms with Crippen molar-refractivity contribution in [1.29, 1.82) is 0 Å². The highest BCUT2D eigenvalue weighted by molar-refractivity contribution is 5.51. The van der Waals surface area contributed by atoms with Crippen LogP contribution in [0.15, 0.2) is 24.3 Å². The maximum Gasteiger partial charge on any atom is 0.120 e. The molecule has 4 nitrogen and oxygen atoms in total. The third-order valence-electron chi connectivity index (χ3n) is 3.37. The number of aliphatic hydroxyl groups excluding tert-OH is 1. The second-order valence-electron chi connectivity index (χ2n) is 5.00. The van der Waals surface area contributed by atoms with Crippen molar-refractivity contribution in [2.45, 2.75) is 13.0 Å². The molecule has 1 aliphatic heterocycles. The molecule has 0 spiro atoms. The van der Waals surface area contributed by atoms with Crippen molar-refractivity contribution in [1.82, 2.24) is 5.32 Å². The summed E-state index contributed by atoms with van der Waals surface area (Å²) in [5.41, 5.74) is 1.16. The Morgan fingerprint density at radius 1 is 1.44 bits per heavy atom. The molecule has 1 heterocycles. The van der Waals surface area contributed by atoms with E-state index in [-0.39, 0.29) is 12.6 Å². The zero-order valence-electron chi connectivity index (χ0n) is 11.1. The standard InChI is InChI=1S/C14H22N2O2/c1-11-7-15-12(10-17)9-16(8-11)13-4-3-5-14(6-13)18-2/h3-6,11-12,15,17H,7-10H2,1-2H3. The number of methoxy groups -OCH3 is 1. The van der Waals surface area contributed by atoms with E-state index in [0.29, 0.717) is 5.92 Å². The molecule has 1 aliphatic rings. The molecule has 18 heavy (non-hydrogen) atoms. The van der Waals surface area contributed by atoms with Gasteiger partial charge in [-0.15, -0.1) is 0 Å². The first-order chi connectivity index (χ1) is 8.72. The lowest BCUT2D eigenvalue weighted by atomic mass is 10.1. The highest BCUT2D eigenvalue weighted by atomic mass is 16.5. The summed E-state index contributed by atoms with van der Waals surface area (Å²) in [6, 6.07) is 8.24. The van der Waals surface area contributed by atoms with E-state index in [0.717, 1.165) is 31.1 Å². The van der Waals surface area contributed by atoms with Crippen LogP contribution in [0.2, 0.25) is 0 Å². The molecule has 1 fully saturated rings. The number of rotatable bonds is 3. The Kier molecular flexibility index (Phi) is 4.44. The zero-order valence-corrected chi connectivity index (χ0v) is 11.1. The van der Waals surface area contributed by atoms with Crippen LogP contribution in [-0.2, 0) is 0 Å². The normalized spacial score (nSPS) is 24.7. The number of anilines is 1. The summed E-state index contributed by atoms with van der Waals surface area (Å²) < 4.78 is 5.27. The quantitative estimate of drug-likeness (QED) is 0.843. The van der Waals surface area contributed by atoms with Gasteiger partial charge in [0.15, 0.2) is 0 Å². The van der Waals surface area contributed by atoms with E-state index in [9.17, 15) is 5.11 Å². The summed E-state index contributed by atoms with van der Waals surface area (Å²) in [4.78, 5) is 2.31. The minimum absolute atomic E-state index is 0.140. The highest BCUT2D eigenvalue weighted by Crippen LogP contribution is 2.23. The first-order valence-electron chi connectivity index (χ1n) is 6.46. The molecule has 0 aliphatic carbocycles. The average Bonchev–Trinajstić information content (AvgIpc) is 2.60. The molecule has 2 rings (SSSR count). The minimum atomic E-state index is 0.140. The molecule has 0 radical (unpaired) electrons. The number of aliphatic hydroxyl groups is 1. The summed E-state index contributed by atoms with van der Waals surface area (Å²) in [5, 5.41) is 12.7. The molecule has 1 aromatic carbocycles. The molecule has 2 N–H and O–H groups in total. The van der Waals surface area contributed by atoms with Crippen molar-refractivity contribution in [3.05, 3.63) is 24.3 Å². The van der Waals surface area contributed by atoms with Gasteiger partial charge in [0.2, 0.25) is 0 Å². The Labute approximate surface area is 109 Å². The first kappa shape index (κ1) is 13.2. The second-order valence-corrected chi connectivity index (χ2v) is 5.00. The van der Waals surface area contributed by atoms with Gasteiger partial charge in [0, 0.05) is 30.9 Å². The third kappa shape index (κ3) is 3.15. The molecular weight excluding hydrogens is 228 g/mol. The number of nitrogens with zero attached hydrogens (tertiary/aromatic N) is 1. The van der Waals surface area contributed by atoms with Crippen molar-refractivity contribution < 1.29 is 9.84 Å². The maximum absolute atomic E-state index is 9.35. The predicted octanol–water partition coefficient (Wildman–Crippen LogP) is 1.10. The van der Waals surface area contributed by atoms with E-state index in [2.05, 4.69) is 23.2 Å². The van der Waals surface area contributed by atoms with Crippen LogP contribution in [0.5, 0.6) is 5.75 Å². The maximum atomic E-state index is 9.35. The molecule has 100 valence electrons. The van der Waals surface area contributed by atoms with Crippen LogP contribution in [-0.4, -0.2) is 44.5 Å². The summed E-state index contributed by atoms with van der Waals surface area (Å²) in [6.07, 6.45) is 0. The smallest absolute Gasteiger partial charge is 0.120 e. The highest BCUT2D eigenvalue weighted by Gasteiger charge is 2.21. The van der Waals surface area contributed by atoms with Crippen molar-refractivity contribution >= 4 is 5.69 Å². The molecule has 1 saturated heterocycles. The van der Waals surface area contributed by atoms with Gasteiger partial charge in [0.25, 0.3) is 0 Å². The lowest BCUT2D eigenvalue weighted by molar-refractivity contribution is 0.247. The van der Waals surface area contributed by atoms with Crippen LogP contribution in [0.3, 0.4) is 0 Å². The van der Waals surface area contributed by atoms with Crippen molar-refractivity contribution in [2.24, 2.45) is 5.92 Å². The van der Waals surface area contributed by atoms with Crippen LogP contribution in [0.4, 0.5) is 5.69 Å². The molecule has 0 saturated carbocycles. The van der Waals surface area contributed by atoms with Crippen molar-refractivity contribution in [2.75, 3.05) is 38.3 Å². The number of hydrogen-bond donors (Lipinski definition) is 2. The molecule has 2 atom stereocenters. The zero-order chi connectivity index (χ0) is 13.0. The van der Waals surface area contributed by atoms with Gasteiger partial charge in [-0.05, 0) is 24.6 Å². The van der Waals surface area contributed by atoms with Gasteiger partial charge in [-0.3, -0.25) is 0 Å². The summed E-state index contributed by atoms with van der Waals surface area (Å²) in [6.45, 7) is 5.17.